The Morgan fingerprint density at radius 1 is 1.12 bits per heavy atom. The number of nitrogens with one attached hydrogen (secondary N) is 1. The van der Waals surface area contributed by atoms with Crippen LogP contribution in [0.4, 0.5) is 10.1 Å². The van der Waals surface area contributed by atoms with Gasteiger partial charge in [-0.1, -0.05) is 12.1 Å². The fraction of sp³-hybridized carbons (Fsp3) is 0.0667. The van der Waals surface area contributed by atoms with E-state index in [1.807, 2.05) is 11.6 Å². The van der Waals surface area contributed by atoms with Crippen molar-refractivity contribution < 1.29 is 21.2 Å². The second-order valence-corrected chi connectivity index (χ2v) is 8.78. The first-order valence-electron chi connectivity index (χ1n) is 6.81. The second-order valence-electron chi connectivity index (χ2n) is 5.20. The summed E-state index contributed by atoms with van der Waals surface area (Å²) in [5.41, 5.74) is 1.04. The summed E-state index contributed by atoms with van der Waals surface area (Å²) in [5.74, 6) is -0.815. The Kier molecular flexibility index (Phi) is 5.57. The van der Waals surface area contributed by atoms with Gasteiger partial charge in [0.1, 0.15) is 10.7 Å². The molecule has 0 atom stereocenters. The van der Waals surface area contributed by atoms with Crippen LogP contribution in [0.3, 0.4) is 0 Å². The van der Waals surface area contributed by atoms with Crippen LogP contribution in [0.2, 0.25) is 0 Å². The fourth-order valence-corrected chi connectivity index (χ4v) is 3.94. The summed E-state index contributed by atoms with van der Waals surface area (Å²) >= 11 is 4.25. The molecule has 0 radical (unpaired) electrons. The van der Waals surface area contributed by atoms with Gasteiger partial charge >= 0.3 is 0 Å². The summed E-state index contributed by atoms with van der Waals surface area (Å²) in [7, 11) is -8.34. The standard InChI is InChI=1S/C15H15FN2O4S3/c1-10-2-3-11(14(23)8-10)6-7-24(19,20)18-13-9-12(16)4-5-15(13)25(17,21)22/h2-9,18,23H,1H3,(H2,17,21,22)/b7-6+. The molecule has 0 spiro atoms. The molecule has 0 aliphatic carbocycles. The van der Waals surface area contributed by atoms with E-state index in [0.29, 0.717) is 10.5 Å². The van der Waals surface area contributed by atoms with Gasteiger partial charge in [0.2, 0.25) is 10.0 Å². The van der Waals surface area contributed by atoms with E-state index in [0.717, 1.165) is 29.2 Å². The number of rotatable bonds is 5. The van der Waals surface area contributed by atoms with Crippen LogP contribution >= 0.6 is 12.6 Å². The van der Waals surface area contributed by atoms with Gasteiger partial charge in [-0.2, -0.15) is 0 Å². The van der Waals surface area contributed by atoms with E-state index >= 15 is 0 Å². The lowest BCUT2D eigenvalue weighted by Gasteiger charge is -2.09. The van der Waals surface area contributed by atoms with Crippen LogP contribution in [0.15, 0.2) is 51.6 Å². The zero-order valence-electron chi connectivity index (χ0n) is 13.0. The molecule has 0 saturated carbocycles. The second kappa shape index (κ2) is 7.16. The Hall–Kier alpha value is -1.88. The third-order valence-electron chi connectivity index (χ3n) is 3.11. The van der Waals surface area contributed by atoms with Crippen LogP contribution < -0.4 is 9.86 Å². The van der Waals surface area contributed by atoms with E-state index < -0.39 is 36.4 Å². The fourth-order valence-electron chi connectivity index (χ4n) is 1.97. The van der Waals surface area contributed by atoms with E-state index in [1.165, 1.54) is 6.08 Å². The number of primary sulfonamides is 1. The molecule has 0 fully saturated rings. The van der Waals surface area contributed by atoms with Crippen molar-refractivity contribution in [1.29, 1.82) is 0 Å². The highest BCUT2D eigenvalue weighted by Gasteiger charge is 2.18. The van der Waals surface area contributed by atoms with E-state index in [4.69, 9.17) is 5.14 Å². The van der Waals surface area contributed by atoms with Gasteiger partial charge in [0.15, 0.2) is 0 Å². The molecule has 134 valence electrons. The quantitative estimate of drug-likeness (QED) is 0.668. The zero-order chi connectivity index (χ0) is 18.8. The van der Waals surface area contributed by atoms with E-state index in [2.05, 4.69) is 12.6 Å². The SMILES string of the molecule is Cc1ccc(/C=C/S(=O)(=O)Nc2cc(F)ccc2S(N)(=O)=O)c(S)c1. The van der Waals surface area contributed by atoms with Gasteiger partial charge in [-0.3, -0.25) is 4.72 Å². The summed E-state index contributed by atoms with van der Waals surface area (Å²) in [4.78, 5) is 0.0403. The maximum Gasteiger partial charge on any atom is 0.255 e. The molecule has 10 heteroatoms. The van der Waals surface area contributed by atoms with Crippen molar-refractivity contribution in [3.8, 4) is 0 Å². The van der Waals surface area contributed by atoms with Gasteiger partial charge in [-0.25, -0.2) is 26.4 Å². The molecule has 0 aromatic heterocycles. The lowest BCUT2D eigenvalue weighted by atomic mass is 10.1. The van der Waals surface area contributed by atoms with Crippen molar-refractivity contribution in [3.05, 3.63) is 58.8 Å². The molecule has 0 saturated heterocycles. The average Bonchev–Trinajstić information content (AvgIpc) is 2.44. The van der Waals surface area contributed by atoms with Crippen LogP contribution in [0.5, 0.6) is 0 Å². The van der Waals surface area contributed by atoms with E-state index in [-0.39, 0.29) is 0 Å². The first-order valence-corrected chi connectivity index (χ1v) is 10.3. The highest BCUT2D eigenvalue weighted by atomic mass is 32.2. The number of sulfonamides is 2. The number of anilines is 1. The maximum absolute atomic E-state index is 13.4. The molecular formula is C15H15FN2O4S3. The van der Waals surface area contributed by atoms with Crippen molar-refractivity contribution >= 4 is 44.4 Å². The maximum atomic E-state index is 13.4. The average molecular weight is 402 g/mol. The Morgan fingerprint density at radius 3 is 2.40 bits per heavy atom. The van der Waals surface area contributed by atoms with Gasteiger partial charge < -0.3 is 0 Å². The van der Waals surface area contributed by atoms with Gasteiger partial charge in [0, 0.05) is 4.90 Å². The molecule has 2 aromatic carbocycles. The van der Waals surface area contributed by atoms with Crippen molar-refractivity contribution in [3.63, 3.8) is 0 Å². The minimum atomic E-state index is -4.23. The number of halogens is 1. The Bertz CT molecular complexity index is 1050. The number of hydrogen-bond donors (Lipinski definition) is 3. The van der Waals surface area contributed by atoms with Crippen LogP contribution in [-0.4, -0.2) is 16.8 Å². The topological polar surface area (TPSA) is 106 Å². The molecular weight excluding hydrogens is 387 g/mol. The molecule has 0 unspecified atom stereocenters. The first kappa shape index (κ1) is 19.4. The van der Waals surface area contributed by atoms with Gasteiger partial charge in [-0.05, 0) is 48.4 Å². The predicted molar refractivity (Wildman–Crippen MR) is 97.8 cm³/mol. The van der Waals surface area contributed by atoms with E-state index in [9.17, 15) is 21.2 Å². The summed E-state index contributed by atoms with van der Waals surface area (Å²) in [6.45, 7) is 1.87. The number of nitrogens with two attached hydrogens (primary N) is 1. The third kappa shape index (κ3) is 5.30. The van der Waals surface area contributed by atoms with Crippen molar-refractivity contribution in [2.75, 3.05) is 4.72 Å². The minimum absolute atomic E-state index is 0.470. The molecule has 0 aliphatic rings. The van der Waals surface area contributed by atoms with E-state index in [1.54, 1.807) is 18.2 Å². The van der Waals surface area contributed by atoms with Crippen molar-refractivity contribution in [2.45, 2.75) is 16.7 Å². The van der Waals surface area contributed by atoms with Crippen LogP contribution in [0.25, 0.3) is 6.08 Å². The molecule has 0 amide bonds. The number of aryl methyl sites for hydroxylation is 1. The Labute approximate surface area is 151 Å². The minimum Gasteiger partial charge on any atom is -0.279 e. The summed E-state index contributed by atoms with van der Waals surface area (Å²) < 4.78 is 62.7. The molecule has 2 rings (SSSR count). The number of benzene rings is 2. The number of hydrogen-bond acceptors (Lipinski definition) is 5. The predicted octanol–water partition coefficient (Wildman–Crippen LogP) is 2.48. The monoisotopic (exact) mass is 402 g/mol. The van der Waals surface area contributed by atoms with Crippen LogP contribution in [0, 0.1) is 12.7 Å². The summed E-state index contributed by atoms with van der Waals surface area (Å²) in [6.07, 6.45) is 1.29. The normalized spacial score (nSPS) is 12.5. The third-order valence-corrected chi connectivity index (χ3v) is 5.47. The molecule has 0 bridgehead atoms. The van der Waals surface area contributed by atoms with Crippen molar-refractivity contribution in [1.82, 2.24) is 0 Å². The molecule has 0 aliphatic heterocycles. The summed E-state index contributed by atoms with van der Waals surface area (Å²) in [6, 6.07) is 7.72. The van der Waals surface area contributed by atoms with Gasteiger partial charge in [0.05, 0.1) is 11.1 Å². The molecule has 3 N–H and O–H groups in total. The van der Waals surface area contributed by atoms with Gasteiger partial charge in [-0.15, -0.1) is 12.6 Å². The van der Waals surface area contributed by atoms with Crippen LogP contribution in [-0.2, 0) is 20.0 Å². The lowest BCUT2D eigenvalue weighted by molar-refractivity contribution is 0.597. The summed E-state index contributed by atoms with van der Waals surface area (Å²) in [5, 5.41) is 5.84. The zero-order valence-corrected chi connectivity index (χ0v) is 15.5. The first-order chi connectivity index (χ1) is 11.5. The van der Waals surface area contributed by atoms with Crippen LogP contribution in [0.1, 0.15) is 11.1 Å². The lowest BCUT2D eigenvalue weighted by Crippen LogP contribution is -2.17. The molecule has 0 heterocycles. The number of thiol groups is 1. The molecule has 25 heavy (non-hydrogen) atoms. The Balaban J connectivity index is 2.36. The largest absolute Gasteiger partial charge is 0.279 e. The van der Waals surface area contributed by atoms with Crippen molar-refractivity contribution in [2.24, 2.45) is 5.14 Å². The highest BCUT2D eigenvalue weighted by Crippen LogP contribution is 2.23. The molecule has 6 nitrogen and oxygen atoms in total. The van der Waals surface area contributed by atoms with Gasteiger partial charge in [0.25, 0.3) is 10.0 Å². The Morgan fingerprint density at radius 2 is 1.80 bits per heavy atom. The smallest absolute Gasteiger partial charge is 0.255 e. The molecule has 2 aromatic rings. The highest BCUT2D eigenvalue weighted by molar-refractivity contribution is 7.95.